The molecule has 3 atom stereocenters. The number of aliphatic carboxylic acids is 1. The summed E-state index contributed by atoms with van der Waals surface area (Å²) in [5.74, 6) is -1.10. The van der Waals surface area contributed by atoms with Crippen molar-refractivity contribution in [3.05, 3.63) is 65.2 Å². The summed E-state index contributed by atoms with van der Waals surface area (Å²) in [4.78, 5) is 25.7. The van der Waals surface area contributed by atoms with Gasteiger partial charge in [-0.15, -0.1) is 0 Å². The number of carbonyl (C=O) groups is 2. The lowest BCUT2D eigenvalue weighted by Gasteiger charge is -2.38. The molecule has 1 heterocycles. The first-order chi connectivity index (χ1) is 22.9. The molecule has 3 rings (SSSR count). The molecule has 0 saturated carbocycles. The van der Waals surface area contributed by atoms with Crippen LogP contribution in [0.3, 0.4) is 0 Å². The van der Waals surface area contributed by atoms with Crippen molar-refractivity contribution >= 4 is 17.6 Å². The number of ether oxygens (including phenoxy) is 2. The molecular weight excluding hydrogens is 592 g/mol. The molecule has 0 radical (unpaired) electrons. The SMILES string of the molecule is CCCCCCCCN(CCCCCCCC)CC1CC(c2ccc(CO)cc2)OC(c2ccc(NC(=O)CCCC(=O)O)cc2)O1. The second kappa shape index (κ2) is 22.7. The van der Waals surface area contributed by atoms with Crippen molar-refractivity contribution in [1.82, 2.24) is 4.90 Å². The fourth-order valence-corrected chi connectivity index (χ4v) is 6.19. The molecule has 47 heavy (non-hydrogen) atoms. The zero-order valence-electron chi connectivity index (χ0n) is 29.0. The number of hydrogen-bond acceptors (Lipinski definition) is 6. The third-order valence-electron chi connectivity index (χ3n) is 8.99. The molecule has 0 aliphatic carbocycles. The Morgan fingerprint density at radius 2 is 1.32 bits per heavy atom. The Kier molecular flexibility index (Phi) is 18.7. The maximum absolute atomic E-state index is 12.3. The molecule has 1 saturated heterocycles. The zero-order chi connectivity index (χ0) is 33.7. The van der Waals surface area contributed by atoms with Crippen molar-refractivity contribution < 1.29 is 29.3 Å². The lowest BCUT2D eigenvalue weighted by Crippen LogP contribution is -2.40. The van der Waals surface area contributed by atoms with E-state index in [1.165, 1.54) is 77.0 Å². The summed E-state index contributed by atoms with van der Waals surface area (Å²) in [6, 6.07) is 15.5. The van der Waals surface area contributed by atoms with E-state index < -0.39 is 12.3 Å². The van der Waals surface area contributed by atoms with Crippen molar-refractivity contribution in [1.29, 1.82) is 0 Å². The highest BCUT2D eigenvalue weighted by atomic mass is 16.7. The molecule has 0 bridgehead atoms. The number of benzene rings is 2. The molecule has 3 N–H and O–H groups in total. The number of rotatable bonds is 24. The van der Waals surface area contributed by atoms with Gasteiger partial charge < -0.3 is 29.9 Å². The van der Waals surface area contributed by atoms with Gasteiger partial charge in [-0.05, 0) is 55.6 Å². The van der Waals surface area contributed by atoms with E-state index in [4.69, 9.17) is 14.6 Å². The Bertz CT molecular complexity index is 1120. The number of aliphatic hydroxyl groups is 1. The minimum Gasteiger partial charge on any atom is -0.481 e. The van der Waals surface area contributed by atoms with Gasteiger partial charge in [0.25, 0.3) is 0 Å². The smallest absolute Gasteiger partial charge is 0.303 e. The summed E-state index contributed by atoms with van der Waals surface area (Å²) >= 11 is 0. The van der Waals surface area contributed by atoms with Crippen LogP contribution in [0.1, 0.15) is 146 Å². The van der Waals surface area contributed by atoms with Gasteiger partial charge in [-0.3, -0.25) is 9.59 Å². The minimum absolute atomic E-state index is 0.00839. The van der Waals surface area contributed by atoms with Gasteiger partial charge in [-0.1, -0.05) is 114 Å². The molecule has 262 valence electrons. The molecule has 3 unspecified atom stereocenters. The fourth-order valence-electron chi connectivity index (χ4n) is 6.19. The van der Waals surface area contributed by atoms with Crippen molar-refractivity contribution in [2.24, 2.45) is 0 Å². The first-order valence-electron chi connectivity index (χ1n) is 18.3. The number of carboxylic acid groups (broad SMARTS) is 1. The minimum atomic E-state index is -0.900. The Morgan fingerprint density at radius 3 is 1.89 bits per heavy atom. The highest BCUT2D eigenvalue weighted by Gasteiger charge is 2.33. The standard InChI is InChI=1S/C39H60N2O6/c1-3-5-7-9-11-13-26-41(27-14-12-10-8-6-4-2)29-35-28-36(32-20-18-31(30-42)19-21-32)47-39(46-35)33-22-24-34(25-23-33)40-37(43)16-15-17-38(44)45/h18-25,35-36,39,42H,3-17,26-30H2,1-2H3,(H,40,43)(H,44,45). The summed E-state index contributed by atoms with van der Waals surface area (Å²) in [5.41, 5.74) is 3.48. The van der Waals surface area contributed by atoms with Gasteiger partial charge in [0.15, 0.2) is 6.29 Å². The largest absolute Gasteiger partial charge is 0.481 e. The van der Waals surface area contributed by atoms with Crippen molar-refractivity contribution in [2.75, 3.05) is 25.0 Å². The first-order valence-corrected chi connectivity index (χ1v) is 18.3. The number of unbranched alkanes of at least 4 members (excludes halogenated alkanes) is 10. The van der Waals surface area contributed by atoms with Crippen LogP contribution in [-0.4, -0.2) is 52.7 Å². The van der Waals surface area contributed by atoms with Crippen LogP contribution < -0.4 is 5.32 Å². The molecule has 8 heteroatoms. The third-order valence-corrected chi connectivity index (χ3v) is 8.99. The van der Waals surface area contributed by atoms with Gasteiger partial charge in [0.1, 0.15) is 0 Å². The normalized spacial score (nSPS) is 18.0. The maximum atomic E-state index is 12.3. The highest BCUT2D eigenvalue weighted by Crippen LogP contribution is 2.38. The van der Waals surface area contributed by atoms with Crippen LogP contribution in [0, 0.1) is 0 Å². The predicted octanol–water partition coefficient (Wildman–Crippen LogP) is 8.94. The van der Waals surface area contributed by atoms with E-state index in [-0.39, 0.29) is 37.6 Å². The molecule has 1 aliphatic rings. The van der Waals surface area contributed by atoms with E-state index in [0.717, 1.165) is 42.7 Å². The van der Waals surface area contributed by atoms with E-state index in [2.05, 4.69) is 24.1 Å². The second-order valence-electron chi connectivity index (χ2n) is 13.1. The Hall–Kier alpha value is -2.78. The van der Waals surface area contributed by atoms with Gasteiger partial charge in [-0.2, -0.15) is 0 Å². The predicted molar refractivity (Wildman–Crippen MR) is 188 cm³/mol. The van der Waals surface area contributed by atoms with Gasteiger partial charge in [0, 0.05) is 37.1 Å². The topological polar surface area (TPSA) is 108 Å². The molecule has 2 aromatic carbocycles. The average molecular weight is 653 g/mol. The molecule has 2 aromatic rings. The van der Waals surface area contributed by atoms with E-state index in [1.54, 1.807) is 0 Å². The summed E-state index contributed by atoms with van der Waals surface area (Å²) in [7, 11) is 0. The molecule has 8 nitrogen and oxygen atoms in total. The van der Waals surface area contributed by atoms with Crippen molar-refractivity contribution in [3.8, 4) is 0 Å². The summed E-state index contributed by atoms with van der Waals surface area (Å²) in [6.45, 7) is 7.56. The number of amides is 1. The van der Waals surface area contributed by atoms with E-state index >= 15 is 0 Å². The summed E-state index contributed by atoms with van der Waals surface area (Å²) < 4.78 is 13.2. The molecule has 1 amide bonds. The monoisotopic (exact) mass is 652 g/mol. The number of carbonyl (C=O) groups excluding carboxylic acids is 1. The van der Waals surface area contributed by atoms with Crippen molar-refractivity contribution in [2.45, 2.75) is 142 Å². The van der Waals surface area contributed by atoms with Crippen LogP contribution >= 0.6 is 0 Å². The lowest BCUT2D eigenvalue weighted by atomic mass is 9.99. The Balaban J connectivity index is 1.69. The van der Waals surface area contributed by atoms with Crippen LogP contribution in [0.2, 0.25) is 0 Å². The first kappa shape index (κ1) is 38.7. The lowest BCUT2D eigenvalue weighted by molar-refractivity contribution is -0.253. The highest BCUT2D eigenvalue weighted by molar-refractivity contribution is 5.90. The molecule has 0 aromatic heterocycles. The number of carboxylic acids is 1. The fraction of sp³-hybridized carbons (Fsp3) is 0.641. The second-order valence-corrected chi connectivity index (χ2v) is 13.1. The van der Waals surface area contributed by atoms with Crippen molar-refractivity contribution in [3.63, 3.8) is 0 Å². The van der Waals surface area contributed by atoms with Crippen LogP contribution in [0.25, 0.3) is 0 Å². The number of nitrogens with zero attached hydrogens (tertiary/aromatic N) is 1. The van der Waals surface area contributed by atoms with Crippen LogP contribution in [0.5, 0.6) is 0 Å². The Labute approximate surface area is 283 Å². The molecule has 0 spiro atoms. The summed E-state index contributed by atoms with van der Waals surface area (Å²) in [5, 5.41) is 21.3. The zero-order valence-corrected chi connectivity index (χ0v) is 29.0. The number of nitrogens with one attached hydrogen (secondary N) is 1. The van der Waals surface area contributed by atoms with Gasteiger partial charge in [-0.25, -0.2) is 0 Å². The van der Waals surface area contributed by atoms with Crippen LogP contribution in [0.4, 0.5) is 5.69 Å². The van der Waals surface area contributed by atoms with E-state index in [0.29, 0.717) is 12.1 Å². The third kappa shape index (κ3) is 15.3. The number of aliphatic hydroxyl groups excluding tert-OH is 1. The molecule has 1 fully saturated rings. The molecular formula is C39H60N2O6. The number of anilines is 1. The maximum Gasteiger partial charge on any atom is 0.303 e. The van der Waals surface area contributed by atoms with E-state index in [9.17, 15) is 14.7 Å². The van der Waals surface area contributed by atoms with Crippen LogP contribution in [0.15, 0.2) is 48.5 Å². The quantitative estimate of drug-likeness (QED) is 0.0972. The van der Waals surface area contributed by atoms with Gasteiger partial charge in [0.2, 0.25) is 5.91 Å². The molecule has 1 aliphatic heterocycles. The summed E-state index contributed by atoms with van der Waals surface area (Å²) in [6.07, 6.45) is 15.9. The van der Waals surface area contributed by atoms with Gasteiger partial charge >= 0.3 is 5.97 Å². The van der Waals surface area contributed by atoms with E-state index in [1.807, 2.05) is 48.5 Å². The Morgan fingerprint density at radius 1 is 0.745 bits per heavy atom. The average Bonchev–Trinajstić information content (AvgIpc) is 3.07. The van der Waals surface area contributed by atoms with Gasteiger partial charge in [0.05, 0.1) is 18.8 Å². The number of hydrogen-bond donors (Lipinski definition) is 3. The van der Waals surface area contributed by atoms with Crippen LogP contribution in [-0.2, 0) is 25.7 Å².